The van der Waals surface area contributed by atoms with E-state index >= 15 is 0 Å². The van der Waals surface area contributed by atoms with Gasteiger partial charge in [0.1, 0.15) is 5.02 Å². The fraction of sp³-hybridized carbons (Fsp3) is 0.571. The molecule has 1 aromatic carbocycles. The minimum Gasteiger partial charge on any atom is -0.381 e. The summed E-state index contributed by atoms with van der Waals surface area (Å²) in [5, 5.41) is 14.2. The van der Waals surface area contributed by atoms with E-state index in [1.165, 1.54) is 18.9 Å². The largest absolute Gasteiger partial charge is 0.381 e. The van der Waals surface area contributed by atoms with Crippen molar-refractivity contribution in [1.82, 2.24) is 5.32 Å². The number of nitrogens with one attached hydrogen (secondary N) is 1. The van der Waals surface area contributed by atoms with Crippen LogP contribution in [0, 0.1) is 16.0 Å². The van der Waals surface area contributed by atoms with Gasteiger partial charge in [0.25, 0.3) is 5.69 Å². The molecule has 0 saturated heterocycles. The Morgan fingerprint density at radius 2 is 2.25 bits per heavy atom. The third-order valence-corrected chi connectivity index (χ3v) is 3.55. The van der Waals surface area contributed by atoms with Gasteiger partial charge in [-0.15, -0.1) is 0 Å². The summed E-state index contributed by atoms with van der Waals surface area (Å²) in [6, 6.07) is 4.88. The summed E-state index contributed by atoms with van der Waals surface area (Å²) in [7, 11) is 0. The highest BCUT2D eigenvalue weighted by atomic mass is 35.5. The van der Waals surface area contributed by atoms with E-state index < -0.39 is 4.92 Å². The number of rotatable bonds is 9. The first kappa shape index (κ1) is 15.2. The molecule has 0 amide bonds. The Hall–Kier alpha value is -1.17. The van der Waals surface area contributed by atoms with Crippen LogP contribution in [-0.2, 0) is 11.3 Å². The Bertz CT molecular complexity index is 464. The van der Waals surface area contributed by atoms with Gasteiger partial charge in [0.2, 0.25) is 0 Å². The van der Waals surface area contributed by atoms with E-state index in [2.05, 4.69) is 5.32 Å². The molecule has 0 unspecified atom stereocenters. The zero-order valence-corrected chi connectivity index (χ0v) is 12.1. The third-order valence-electron chi connectivity index (χ3n) is 3.23. The Balaban J connectivity index is 1.63. The highest BCUT2D eigenvalue weighted by molar-refractivity contribution is 6.32. The number of halogens is 1. The van der Waals surface area contributed by atoms with Crippen molar-refractivity contribution in [2.45, 2.75) is 25.8 Å². The number of hydrogen-bond donors (Lipinski definition) is 1. The van der Waals surface area contributed by atoms with E-state index in [-0.39, 0.29) is 10.7 Å². The van der Waals surface area contributed by atoms with Gasteiger partial charge >= 0.3 is 0 Å². The minimum absolute atomic E-state index is 0.0428. The van der Waals surface area contributed by atoms with Gasteiger partial charge in [-0.2, -0.15) is 0 Å². The topological polar surface area (TPSA) is 64.4 Å². The summed E-state index contributed by atoms with van der Waals surface area (Å²) in [4.78, 5) is 10.3. The van der Waals surface area contributed by atoms with Crippen molar-refractivity contribution in [1.29, 1.82) is 0 Å². The van der Waals surface area contributed by atoms with Gasteiger partial charge in [-0.1, -0.05) is 17.7 Å². The number of ether oxygens (including phenoxy) is 1. The molecule has 6 heteroatoms. The molecule has 0 heterocycles. The predicted octanol–water partition coefficient (Wildman–Crippen LogP) is 3.15. The lowest BCUT2D eigenvalue weighted by molar-refractivity contribution is -0.384. The van der Waals surface area contributed by atoms with Crippen molar-refractivity contribution in [2.75, 3.05) is 19.8 Å². The quantitative estimate of drug-likeness (QED) is 0.432. The summed E-state index contributed by atoms with van der Waals surface area (Å²) in [6.07, 6.45) is 3.57. The fourth-order valence-corrected chi connectivity index (χ4v) is 2.06. The monoisotopic (exact) mass is 298 g/mol. The van der Waals surface area contributed by atoms with Crippen molar-refractivity contribution in [3.8, 4) is 0 Å². The van der Waals surface area contributed by atoms with Crippen LogP contribution in [0.2, 0.25) is 5.02 Å². The van der Waals surface area contributed by atoms with E-state index in [4.69, 9.17) is 16.3 Å². The van der Waals surface area contributed by atoms with Crippen LogP contribution in [-0.4, -0.2) is 24.7 Å². The van der Waals surface area contributed by atoms with Crippen LogP contribution in [0.15, 0.2) is 18.2 Å². The number of benzene rings is 1. The van der Waals surface area contributed by atoms with Crippen molar-refractivity contribution >= 4 is 17.3 Å². The van der Waals surface area contributed by atoms with Crippen molar-refractivity contribution in [3.63, 3.8) is 0 Å². The van der Waals surface area contributed by atoms with Gasteiger partial charge in [0, 0.05) is 25.8 Å². The third kappa shape index (κ3) is 5.07. The highest BCUT2D eigenvalue weighted by Gasteiger charge is 2.20. The molecule has 1 aliphatic rings. The molecular weight excluding hydrogens is 280 g/mol. The smallest absolute Gasteiger partial charge is 0.288 e. The van der Waals surface area contributed by atoms with Crippen LogP contribution in [0.1, 0.15) is 24.8 Å². The molecule has 1 aromatic rings. The molecule has 0 aromatic heterocycles. The summed E-state index contributed by atoms with van der Waals surface area (Å²) in [5.41, 5.74) is 0.818. The maximum absolute atomic E-state index is 10.8. The predicted molar refractivity (Wildman–Crippen MR) is 78.0 cm³/mol. The van der Waals surface area contributed by atoms with E-state index in [1.54, 1.807) is 12.1 Å². The Morgan fingerprint density at radius 1 is 1.45 bits per heavy atom. The second-order valence-corrected chi connectivity index (χ2v) is 5.50. The second-order valence-electron chi connectivity index (χ2n) is 5.09. The maximum atomic E-state index is 10.8. The lowest BCUT2D eigenvalue weighted by Gasteiger charge is -2.06. The normalized spacial score (nSPS) is 14.4. The summed E-state index contributed by atoms with van der Waals surface area (Å²) in [6.45, 7) is 3.09. The zero-order chi connectivity index (χ0) is 14.4. The van der Waals surface area contributed by atoms with Crippen LogP contribution >= 0.6 is 11.6 Å². The van der Waals surface area contributed by atoms with Crippen LogP contribution in [0.4, 0.5) is 5.69 Å². The Labute approximate surface area is 123 Å². The first-order chi connectivity index (χ1) is 9.66. The summed E-state index contributed by atoms with van der Waals surface area (Å²) in [5.74, 6) is 0.803. The van der Waals surface area contributed by atoms with Crippen LogP contribution in [0.25, 0.3) is 0 Å². The lowest BCUT2D eigenvalue weighted by atomic mass is 10.2. The molecule has 1 aliphatic carbocycles. The Kier molecular flexibility index (Phi) is 5.76. The van der Waals surface area contributed by atoms with Gasteiger partial charge < -0.3 is 10.1 Å². The van der Waals surface area contributed by atoms with Crippen molar-refractivity contribution in [2.24, 2.45) is 5.92 Å². The highest BCUT2D eigenvalue weighted by Crippen LogP contribution is 2.28. The van der Waals surface area contributed by atoms with E-state index in [0.717, 1.165) is 37.7 Å². The maximum Gasteiger partial charge on any atom is 0.288 e. The van der Waals surface area contributed by atoms with Crippen molar-refractivity contribution in [3.05, 3.63) is 38.9 Å². The van der Waals surface area contributed by atoms with Crippen LogP contribution in [0.3, 0.4) is 0 Å². The molecule has 1 N–H and O–H groups in total. The zero-order valence-electron chi connectivity index (χ0n) is 11.3. The molecule has 0 radical (unpaired) electrons. The molecule has 0 atom stereocenters. The van der Waals surface area contributed by atoms with Gasteiger partial charge in [0.05, 0.1) is 4.92 Å². The number of nitro groups is 1. The molecule has 1 fully saturated rings. The summed E-state index contributed by atoms with van der Waals surface area (Å²) >= 11 is 5.76. The molecule has 0 aliphatic heterocycles. The van der Waals surface area contributed by atoms with Gasteiger partial charge in [-0.3, -0.25) is 10.1 Å². The molecule has 5 nitrogen and oxygen atoms in total. The van der Waals surface area contributed by atoms with Crippen molar-refractivity contribution < 1.29 is 9.66 Å². The average molecular weight is 299 g/mol. The summed E-state index contributed by atoms with van der Waals surface area (Å²) < 4.78 is 5.53. The molecule has 0 bridgehead atoms. The van der Waals surface area contributed by atoms with E-state index in [1.807, 2.05) is 0 Å². The lowest BCUT2D eigenvalue weighted by Crippen LogP contribution is -2.16. The molecule has 20 heavy (non-hydrogen) atoms. The Morgan fingerprint density at radius 3 is 2.95 bits per heavy atom. The second kappa shape index (κ2) is 7.57. The van der Waals surface area contributed by atoms with Gasteiger partial charge in [0.15, 0.2) is 0 Å². The standard InChI is InChI=1S/C14H19ClN2O3/c15-13-5-4-12(8-14(13)17(18)19)9-16-6-1-7-20-10-11-2-3-11/h4-5,8,11,16H,1-3,6-7,9-10H2. The number of hydrogen-bond acceptors (Lipinski definition) is 4. The molecule has 2 rings (SSSR count). The molecule has 1 saturated carbocycles. The first-order valence-corrected chi connectivity index (χ1v) is 7.26. The first-order valence-electron chi connectivity index (χ1n) is 6.88. The van der Waals surface area contributed by atoms with Crippen LogP contribution < -0.4 is 5.32 Å². The minimum atomic E-state index is -0.461. The fourth-order valence-electron chi connectivity index (χ4n) is 1.87. The molecule has 0 spiro atoms. The van der Waals surface area contributed by atoms with Gasteiger partial charge in [-0.25, -0.2) is 0 Å². The van der Waals surface area contributed by atoms with Crippen LogP contribution in [0.5, 0.6) is 0 Å². The average Bonchev–Trinajstić information content (AvgIpc) is 3.23. The number of nitro benzene ring substituents is 1. The SMILES string of the molecule is O=[N+]([O-])c1cc(CNCCCOCC2CC2)ccc1Cl. The van der Waals surface area contributed by atoms with E-state index in [9.17, 15) is 10.1 Å². The molecular formula is C14H19ClN2O3. The van der Waals surface area contributed by atoms with Gasteiger partial charge in [-0.05, 0) is 43.4 Å². The number of nitrogens with zero attached hydrogens (tertiary/aromatic N) is 1. The van der Waals surface area contributed by atoms with E-state index in [0.29, 0.717) is 6.54 Å². The molecule has 110 valence electrons.